The van der Waals surface area contributed by atoms with Gasteiger partial charge in [-0.2, -0.15) is 0 Å². The van der Waals surface area contributed by atoms with Crippen molar-refractivity contribution in [2.45, 2.75) is 19.0 Å². The molecule has 3 nitrogen and oxygen atoms in total. The zero-order chi connectivity index (χ0) is 15.2. The van der Waals surface area contributed by atoms with Gasteiger partial charge in [0, 0.05) is 30.5 Å². The van der Waals surface area contributed by atoms with Crippen molar-refractivity contribution in [3.8, 4) is 0 Å². The van der Waals surface area contributed by atoms with Crippen molar-refractivity contribution in [3.05, 3.63) is 65.5 Å². The number of rotatable bonds is 6. The van der Waals surface area contributed by atoms with Crippen LogP contribution in [-0.4, -0.2) is 23.5 Å². The molecular formula is C16H19F2N3. The van der Waals surface area contributed by atoms with E-state index in [9.17, 15) is 8.78 Å². The van der Waals surface area contributed by atoms with Crippen molar-refractivity contribution in [2.24, 2.45) is 5.73 Å². The van der Waals surface area contributed by atoms with Gasteiger partial charge in [-0.15, -0.1) is 0 Å². The molecule has 0 bridgehead atoms. The van der Waals surface area contributed by atoms with E-state index in [4.69, 9.17) is 5.73 Å². The van der Waals surface area contributed by atoms with E-state index < -0.39 is 17.7 Å². The van der Waals surface area contributed by atoms with Crippen LogP contribution in [0.15, 0.2) is 42.7 Å². The second-order valence-corrected chi connectivity index (χ2v) is 5.13. The Morgan fingerprint density at radius 2 is 1.90 bits per heavy atom. The van der Waals surface area contributed by atoms with Gasteiger partial charge in [0.05, 0.1) is 0 Å². The Balaban J connectivity index is 1.89. The summed E-state index contributed by atoms with van der Waals surface area (Å²) in [5.41, 5.74) is 7.34. The van der Waals surface area contributed by atoms with Crippen LogP contribution in [0, 0.1) is 11.6 Å². The van der Waals surface area contributed by atoms with Crippen LogP contribution in [0.5, 0.6) is 0 Å². The van der Waals surface area contributed by atoms with E-state index in [0.717, 1.165) is 18.2 Å². The molecule has 0 aliphatic heterocycles. The first kappa shape index (κ1) is 15.5. The van der Waals surface area contributed by atoms with Crippen LogP contribution in [0.2, 0.25) is 0 Å². The first-order chi connectivity index (χ1) is 10.1. The number of hydrogen-bond acceptors (Lipinski definition) is 3. The van der Waals surface area contributed by atoms with Crippen molar-refractivity contribution in [3.63, 3.8) is 0 Å². The molecule has 1 atom stereocenters. The summed E-state index contributed by atoms with van der Waals surface area (Å²) in [5, 5.41) is 0. The summed E-state index contributed by atoms with van der Waals surface area (Å²) < 4.78 is 26.8. The first-order valence-electron chi connectivity index (χ1n) is 6.85. The lowest BCUT2D eigenvalue weighted by atomic mass is 10.0. The lowest BCUT2D eigenvalue weighted by molar-refractivity contribution is 0.309. The Morgan fingerprint density at radius 1 is 1.19 bits per heavy atom. The fraction of sp³-hybridized carbons (Fsp3) is 0.312. The second kappa shape index (κ2) is 7.24. The van der Waals surface area contributed by atoms with Gasteiger partial charge in [-0.05, 0) is 43.8 Å². The summed E-state index contributed by atoms with van der Waals surface area (Å²) in [4.78, 5) is 6.06. The summed E-state index contributed by atoms with van der Waals surface area (Å²) in [6.07, 6.45) is 4.05. The summed E-state index contributed by atoms with van der Waals surface area (Å²) >= 11 is 0. The van der Waals surface area contributed by atoms with Crippen LogP contribution in [0.1, 0.15) is 23.6 Å². The second-order valence-electron chi connectivity index (χ2n) is 5.13. The number of hydrogen-bond donors (Lipinski definition) is 1. The van der Waals surface area contributed by atoms with Crippen LogP contribution in [0.3, 0.4) is 0 Å². The highest BCUT2D eigenvalue weighted by Gasteiger charge is 2.15. The van der Waals surface area contributed by atoms with E-state index >= 15 is 0 Å². The number of nitrogens with two attached hydrogens (primary N) is 1. The van der Waals surface area contributed by atoms with Crippen LogP contribution >= 0.6 is 0 Å². The molecule has 112 valence electrons. The minimum atomic E-state index is -0.854. The third-order valence-corrected chi connectivity index (χ3v) is 3.40. The van der Waals surface area contributed by atoms with E-state index in [-0.39, 0.29) is 5.56 Å². The van der Waals surface area contributed by atoms with E-state index in [2.05, 4.69) is 9.88 Å². The number of pyridine rings is 1. The lowest BCUT2D eigenvalue weighted by Crippen LogP contribution is -2.24. The van der Waals surface area contributed by atoms with Crippen molar-refractivity contribution in [1.29, 1.82) is 0 Å². The molecule has 1 heterocycles. The Hall–Kier alpha value is -1.85. The van der Waals surface area contributed by atoms with Crippen molar-refractivity contribution in [1.82, 2.24) is 9.88 Å². The molecule has 2 aromatic rings. The molecule has 0 amide bonds. The third kappa shape index (κ3) is 4.31. The average Bonchev–Trinajstić information content (AvgIpc) is 2.48. The van der Waals surface area contributed by atoms with E-state index in [1.165, 1.54) is 12.1 Å². The number of nitrogens with zero attached hydrogens (tertiary/aromatic N) is 2. The minimum absolute atomic E-state index is 0.229. The molecule has 5 heteroatoms. The first-order valence-corrected chi connectivity index (χ1v) is 6.85. The Morgan fingerprint density at radius 3 is 2.62 bits per heavy atom. The molecule has 1 aromatic heterocycles. The van der Waals surface area contributed by atoms with Crippen LogP contribution in [-0.2, 0) is 6.54 Å². The molecule has 0 saturated carbocycles. The minimum Gasteiger partial charge on any atom is -0.324 e. The van der Waals surface area contributed by atoms with Crippen molar-refractivity contribution >= 4 is 0 Å². The van der Waals surface area contributed by atoms with Crippen molar-refractivity contribution < 1.29 is 8.78 Å². The van der Waals surface area contributed by atoms with Gasteiger partial charge in [0.15, 0.2) is 11.6 Å². The number of benzene rings is 1. The summed E-state index contributed by atoms with van der Waals surface area (Å²) in [6.45, 7) is 1.46. The molecule has 1 unspecified atom stereocenters. The predicted molar refractivity (Wildman–Crippen MR) is 78.5 cm³/mol. The predicted octanol–water partition coefficient (Wildman–Crippen LogP) is 2.88. The summed E-state index contributed by atoms with van der Waals surface area (Å²) in [7, 11) is 1.97. The highest BCUT2D eigenvalue weighted by molar-refractivity contribution is 5.22. The fourth-order valence-electron chi connectivity index (χ4n) is 2.20. The van der Waals surface area contributed by atoms with Gasteiger partial charge >= 0.3 is 0 Å². The molecule has 0 saturated heterocycles. The van der Waals surface area contributed by atoms with Crippen LogP contribution in [0.4, 0.5) is 8.78 Å². The molecular weight excluding hydrogens is 272 g/mol. The Bertz CT molecular complexity index is 575. The van der Waals surface area contributed by atoms with Gasteiger partial charge in [-0.1, -0.05) is 12.1 Å². The maximum Gasteiger partial charge on any atom is 0.163 e. The molecule has 21 heavy (non-hydrogen) atoms. The van der Waals surface area contributed by atoms with E-state index in [1.54, 1.807) is 12.4 Å². The van der Waals surface area contributed by atoms with Crippen LogP contribution < -0.4 is 5.73 Å². The van der Waals surface area contributed by atoms with Crippen molar-refractivity contribution in [2.75, 3.05) is 13.6 Å². The molecule has 0 fully saturated rings. The van der Waals surface area contributed by atoms with Gasteiger partial charge < -0.3 is 10.6 Å². The molecule has 2 N–H and O–H groups in total. The molecule has 0 spiro atoms. The molecule has 0 aliphatic carbocycles. The largest absolute Gasteiger partial charge is 0.324 e. The van der Waals surface area contributed by atoms with Gasteiger partial charge in [0.2, 0.25) is 0 Å². The van der Waals surface area contributed by atoms with Gasteiger partial charge in [-0.25, -0.2) is 8.78 Å². The van der Waals surface area contributed by atoms with E-state index in [0.29, 0.717) is 13.0 Å². The Labute approximate surface area is 123 Å². The topological polar surface area (TPSA) is 42.1 Å². The number of aromatic nitrogens is 1. The normalized spacial score (nSPS) is 12.6. The summed E-state index contributed by atoms with van der Waals surface area (Å²) in [5.74, 6) is -1.70. The van der Waals surface area contributed by atoms with Gasteiger partial charge in [0.1, 0.15) is 0 Å². The lowest BCUT2D eigenvalue weighted by Gasteiger charge is -2.20. The zero-order valence-electron chi connectivity index (χ0n) is 12.0. The summed E-state index contributed by atoms with van der Waals surface area (Å²) in [6, 6.07) is 7.49. The molecule has 1 aromatic carbocycles. The highest BCUT2D eigenvalue weighted by atomic mass is 19.2. The van der Waals surface area contributed by atoms with Crippen LogP contribution in [0.25, 0.3) is 0 Å². The SMILES string of the molecule is CN(CCC(N)c1cccc(F)c1F)Cc1ccncc1. The number of halogens is 2. The van der Waals surface area contributed by atoms with Gasteiger partial charge in [-0.3, -0.25) is 4.98 Å². The molecule has 0 aliphatic rings. The highest BCUT2D eigenvalue weighted by Crippen LogP contribution is 2.20. The Kier molecular flexibility index (Phi) is 5.36. The average molecular weight is 291 g/mol. The molecule has 2 rings (SSSR count). The molecule has 0 radical (unpaired) electrons. The third-order valence-electron chi connectivity index (χ3n) is 3.40. The van der Waals surface area contributed by atoms with E-state index in [1.807, 2.05) is 19.2 Å². The zero-order valence-corrected chi connectivity index (χ0v) is 12.0. The smallest absolute Gasteiger partial charge is 0.163 e. The maximum atomic E-state index is 13.6. The monoisotopic (exact) mass is 291 g/mol. The fourth-order valence-corrected chi connectivity index (χ4v) is 2.20. The van der Waals surface area contributed by atoms with Gasteiger partial charge in [0.25, 0.3) is 0 Å². The standard InChI is InChI=1S/C16H19F2N3/c1-21(11-12-5-8-20-9-6-12)10-7-15(19)13-3-2-4-14(17)16(13)18/h2-6,8-9,15H,7,10-11,19H2,1H3. The quantitative estimate of drug-likeness (QED) is 0.890. The maximum absolute atomic E-state index is 13.6.